The second-order valence-corrected chi connectivity index (χ2v) is 0. The minimum Gasteiger partial charge on any atom is -1.00 e. The van der Waals surface area contributed by atoms with Crippen molar-refractivity contribution in [3.8, 4) is 0 Å². The Hall–Kier alpha value is 1.12. The molecule has 0 rings (SSSR count). The Morgan fingerprint density at radius 2 is 0.750 bits per heavy atom. The molecule has 24 valence electrons. The van der Waals surface area contributed by atoms with E-state index in [1.54, 1.807) is 0 Å². The van der Waals surface area contributed by atoms with E-state index in [0.29, 0.717) is 0 Å². The van der Waals surface area contributed by atoms with Gasteiger partial charge in [-0.3, -0.25) is 0 Å². The topological polar surface area (TPSA) is 0 Å². The minimum atomic E-state index is 0. The Kier molecular flexibility index (Phi) is 554. The zero-order valence-corrected chi connectivity index (χ0v) is 3.67. The van der Waals surface area contributed by atoms with Crippen molar-refractivity contribution < 1.29 is 9.41 Å². The molecule has 0 N–H and O–H groups in total. The predicted molar refractivity (Wildman–Crippen MR) is 12.5 cm³/mol. The van der Waals surface area contributed by atoms with Gasteiger partial charge in [0.15, 0.2) is 0 Å². The van der Waals surface area contributed by atoms with Gasteiger partial charge in [0.1, 0.15) is 0 Å². The summed E-state index contributed by atoms with van der Waals surface area (Å²) in [5.74, 6) is 0. The van der Waals surface area contributed by atoms with Crippen LogP contribution in [-0.2, 0) is 0 Å². The van der Waals surface area contributed by atoms with E-state index in [4.69, 9.17) is 0 Å². The van der Waals surface area contributed by atoms with E-state index >= 15 is 0 Å². The van der Waals surface area contributed by atoms with Crippen LogP contribution in [0.2, 0.25) is 0 Å². The van der Waals surface area contributed by atoms with Crippen LogP contribution in [0.5, 0.6) is 0 Å². The first-order chi connectivity index (χ1) is 0. The Bertz CT molecular complexity index is 6.00. The third-order valence-electron chi connectivity index (χ3n) is 0. The van der Waals surface area contributed by atoms with Crippen LogP contribution in [0.3, 0.4) is 0 Å². The van der Waals surface area contributed by atoms with Gasteiger partial charge in [0, 0.05) is 0 Å². The van der Waals surface area contributed by atoms with Crippen molar-refractivity contribution in [2.45, 2.75) is 7.43 Å². The van der Waals surface area contributed by atoms with Crippen LogP contribution in [-0.4, -0.2) is 37.7 Å². The van der Waals surface area contributed by atoms with Gasteiger partial charge in [-0.15, -0.1) is 0 Å². The molecule has 3 heteroatoms. The molecule has 0 heterocycles. The molecule has 0 aliphatic carbocycles. The van der Waals surface area contributed by atoms with Gasteiger partial charge in [-0.25, -0.2) is 0 Å². The third kappa shape index (κ3) is 11.2. The summed E-state index contributed by atoms with van der Waals surface area (Å²) < 4.78 is 0. The summed E-state index contributed by atoms with van der Waals surface area (Å²) in [4.78, 5) is 0. The summed E-state index contributed by atoms with van der Waals surface area (Å²) in [5, 5.41) is 0. The second kappa shape index (κ2) is 32.0. The van der Waals surface area contributed by atoms with E-state index in [-0.39, 0.29) is 54.6 Å². The minimum absolute atomic E-state index is 0. The van der Waals surface area contributed by atoms with Crippen LogP contribution in [0.15, 0.2) is 0 Å². The Balaban J connectivity index is 0. The summed E-state index contributed by atoms with van der Waals surface area (Å²) in [6.07, 6.45) is 0. The first kappa shape index (κ1) is 69.3. The van der Waals surface area contributed by atoms with E-state index < -0.39 is 0 Å². The SMILES string of the molecule is C.[Ca+2].[F-].[F-]. The van der Waals surface area contributed by atoms with Crippen molar-refractivity contribution in [2.24, 2.45) is 0 Å². The first-order valence-corrected chi connectivity index (χ1v) is 0. The summed E-state index contributed by atoms with van der Waals surface area (Å²) >= 11 is 0. The van der Waals surface area contributed by atoms with Gasteiger partial charge < -0.3 is 9.41 Å². The standard InChI is InChI=1S/CH4.Ca.2FH/h1H4;;2*1H/q;+2;;/p-2. The van der Waals surface area contributed by atoms with Crippen LogP contribution >= 0.6 is 0 Å². The maximum absolute atomic E-state index is 0. The van der Waals surface area contributed by atoms with Crippen LogP contribution < -0.4 is 9.41 Å². The predicted octanol–water partition coefficient (Wildman–Crippen LogP) is -5.74. The molecule has 0 atom stereocenters. The second-order valence-electron chi connectivity index (χ2n) is 0. The van der Waals surface area contributed by atoms with Gasteiger partial charge >= 0.3 is 37.7 Å². The number of rotatable bonds is 0. The molecular formula is CH4CaF2. The van der Waals surface area contributed by atoms with E-state index in [9.17, 15) is 0 Å². The van der Waals surface area contributed by atoms with E-state index in [1.165, 1.54) is 0 Å². The molecule has 0 radical (unpaired) electrons. The van der Waals surface area contributed by atoms with E-state index in [2.05, 4.69) is 0 Å². The molecule has 0 unspecified atom stereocenters. The monoisotopic (exact) mass is 94.0 g/mol. The average Bonchev–Trinajstić information content (AvgIpc) is 0. The number of hydrogen-bond acceptors (Lipinski definition) is 0. The fraction of sp³-hybridized carbons (Fsp3) is 1.00. The molecular weight excluding hydrogens is 90.1 g/mol. The van der Waals surface area contributed by atoms with Gasteiger partial charge in [-0.05, 0) is 0 Å². The zero-order valence-electron chi connectivity index (χ0n) is 1.46. The maximum atomic E-state index is 0. The number of halogens is 2. The fourth-order valence-corrected chi connectivity index (χ4v) is 0. The third-order valence-corrected chi connectivity index (χ3v) is 0. The molecule has 0 nitrogen and oxygen atoms in total. The molecule has 0 saturated heterocycles. The van der Waals surface area contributed by atoms with Crippen LogP contribution in [0.4, 0.5) is 0 Å². The molecule has 0 aromatic carbocycles. The molecule has 0 spiro atoms. The molecule has 0 aromatic rings. The Morgan fingerprint density at radius 3 is 0.750 bits per heavy atom. The van der Waals surface area contributed by atoms with Gasteiger partial charge in [0.2, 0.25) is 0 Å². The van der Waals surface area contributed by atoms with Crippen molar-refractivity contribution in [1.29, 1.82) is 0 Å². The van der Waals surface area contributed by atoms with Crippen LogP contribution in [0, 0.1) is 0 Å². The normalized spacial score (nSPS) is 0. The summed E-state index contributed by atoms with van der Waals surface area (Å²) in [5.41, 5.74) is 0. The van der Waals surface area contributed by atoms with Gasteiger partial charge in [-0.1, -0.05) is 7.43 Å². The smallest absolute Gasteiger partial charge is 1.00 e. The molecule has 4 heavy (non-hydrogen) atoms. The largest absolute Gasteiger partial charge is 2.00 e. The zero-order chi connectivity index (χ0) is 0. The van der Waals surface area contributed by atoms with Gasteiger partial charge in [0.25, 0.3) is 0 Å². The van der Waals surface area contributed by atoms with Crippen molar-refractivity contribution in [3.05, 3.63) is 0 Å². The molecule has 0 bridgehead atoms. The fourth-order valence-electron chi connectivity index (χ4n) is 0. The molecule has 0 aliphatic heterocycles. The van der Waals surface area contributed by atoms with Gasteiger partial charge in [0.05, 0.1) is 0 Å². The van der Waals surface area contributed by atoms with Crippen LogP contribution in [0.25, 0.3) is 0 Å². The maximum Gasteiger partial charge on any atom is 2.00 e. The molecule has 0 amide bonds. The van der Waals surface area contributed by atoms with Gasteiger partial charge in [-0.2, -0.15) is 0 Å². The molecule has 0 fully saturated rings. The quantitative estimate of drug-likeness (QED) is 0.262. The average molecular weight is 94.1 g/mol. The van der Waals surface area contributed by atoms with E-state index in [0.717, 1.165) is 0 Å². The van der Waals surface area contributed by atoms with E-state index in [1.807, 2.05) is 0 Å². The molecule has 0 saturated carbocycles. The van der Waals surface area contributed by atoms with Crippen molar-refractivity contribution >= 4 is 37.7 Å². The Morgan fingerprint density at radius 1 is 0.750 bits per heavy atom. The molecule has 0 aromatic heterocycles. The van der Waals surface area contributed by atoms with Crippen LogP contribution in [0.1, 0.15) is 7.43 Å². The summed E-state index contributed by atoms with van der Waals surface area (Å²) in [6, 6.07) is 0. The van der Waals surface area contributed by atoms with Crippen molar-refractivity contribution in [3.63, 3.8) is 0 Å². The summed E-state index contributed by atoms with van der Waals surface area (Å²) in [6.45, 7) is 0. The number of hydrogen-bond donors (Lipinski definition) is 0. The Labute approximate surface area is 54.3 Å². The van der Waals surface area contributed by atoms with Crippen molar-refractivity contribution in [2.75, 3.05) is 0 Å². The van der Waals surface area contributed by atoms with Crippen molar-refractivity contribution in [1.82, 2.24) is 0 Å². The molecule has 0 aliphatic rings. The summed E-state index contributed by atoms with van der Waals surface area (Å²) in [7, 11) is 0. The first-order valence-electron chi connectivity index (χ1n) is 0.